The second-order valence-electron chi connectivity index (χ2n) is 1.58. The van der Waals surface area contributed by atoms with Gasteiger partial charge in [0.05, 0.1) is 6.61 Å². The van der Waals surface area contributed by atoms with Crippen LogP contribution in [0.25, 0.3) is 0 Å². The number of likely N-dealkylation sites (N-methyl/N-ethyl adjacent to an activating group) is 1. The molecular weight excluding hydrogens is 150 g/mol. The van der Waals surface area contributed by atoms with Crippen molar-refractivity contribution >= 4 is 23.2 Å². The Kier molecular flexibility index (Phi) is 4.84. The summed E-state index contributed by atoms with van der Waals surface area (Å²) < 4.78 is 4.61. The smallest absolute Gasteiger partial charge is 0.365 e. The molecule has 0 aliphatic rings. The summed E-state index contributed by atoms with van der Waals surface area (Å²) >= 11 is 4.66. The molecule has 0 bridgehead atoms. The van der Waals surface area contributed by atoms with Crippen molar-refractivity contribution < 1.29 is 9.53 Å². The van der Waals surface area contributed by atoms with E-state index < -0.39 is 5.97 Å². The minimum absolute atomic E-state index is 0.157. The van der Waals surface area contributed by atoms with Crippen molar-refractivity contribution in [2.75, 3.05) is 13.2 Å². The fourth-order valence-electron chi connectivity index (χ4n) is 0.429. The molecule has 0 fully saturated rings. The van der Waals surface area contributed by atoms with Crippen LogP contribution in [0.2, 0.25) is 0 Å². The van der Waals surface area contributed by atoms with Gasteiger partial charge in [0.15, 0.2) is 4.99 Å². The average molecular weight is 161 g/mol. The number of rotatable bonds is 2. The largest absolute Gasteiger partial charge is 0.461 e. The molecule has 1 N–H and O–H groups in total. The summed E-state index contributed by atoms with van der Waals surface area (Å²) in [5, 5.41) is 2.69. The number of carbonyl (C=O) groups excluding carboxylic acids is 1. The molecule has 0 aromatic carbocycles. The van der Waals surface area contributed by atoms with E-state index in [4.69, 9.17) is 0 Å². The normalized spacial score (nSPS) is 8.60. The molecule has 10 heavy (non-hydrogen) atoms. The maximum atomic E-state index is 10.7. The number of thiocarbonyl (C=S) groups is 1. The van der Waals surface area contributed by atoms with Crippen LogP contribution < -0.4 is 5.32 Å². The number of esters is 1. The van der Waals surface area contributed by atoms with Gasteiger partial charge >= 0.3 is 5.97 Å². The Morgan fingerprint density at radius 1 is 1.60 bits per heavy atom. The minimum Gasteiger partial charge on any atom is -0.461 e. The third kappa shape index (κ3) is 3.40. The van der Waals surface area contributed by atoms with E-state index in [2.05, 4.69) is 22.3 Å². The molecule has 0 radical (unpaired) electrons. The number of ether oxygens (including phenoxy) is 1. The summed E-state index contributed by atoms with van der Waals surface area (Å²) in [6.45, 7) is 4.62. The van der Waals surface area contributed by atoms with Crippen molar-refractivity contribution in [3.63, 3.8) is 0 Å². The Hall–Kier alpha value is -0.640. The van der Waals surface area contributed by atoms with Crippen molar-refractivity contribution in [2.45, 2.75) is 13.8 Å². The Morgan fingerprint density at radius 2 is 2.20 bits per heavy atom. The van der Waals surface area contributed by atoms with Crippen molar-refractivity contribution in [1.82, 2.24) is 5.32 Å². The molecule has 0 aromatic rings. The fourth-order valence-corrected chi connectivity index (χ4v) is 0.633. The van der Waals surface area contributed by atoms with Crippen LogP contribution in [0.15, 0.2) is 0 Å². The van der Waals surface area contributed by atoms with E-state index in [1.165, 1.54) is 0 Å². The SMILES string of the molecule is CCNC(=S)C(=O)OCC. The zero-order valence-corrected chi connectivity index (χ0v) is 6.96. The van der Waals surface area contributed by atoms with E-state index in [9.17, 15) is 4.79 Å². The Labute approximate surface area is 65.7 Å². The number of nitrogens with one attached hydrogen (secondary N) is 1. The molecule has 0 aromatic heterocycles. The second-order valence-corrected chi connectivity index (χ2v) is 1.99. The van der Waals surface area contributed by atoms with Gasteiger partial charge in [0.2, 0.25) is 0 Å². The maximum Gasteiger partial charge on any atom is 0.365 e. The van der Waals surface area contributed by atoms with E-state index in [1.807, 2.05) is 6.92 Å². The lowest BCUT2D eigenvalue weighted by atomic mass is 10.6. The van der Waals surface area contributed by atoms with Crippen LogP contribution in [0, 0.1) is 0 Å². The van der Waals surface area contributed by atoms with Gasteiger partial charge in [-0.3, -0.25) is 0 Å². The van der Waals surface area contributed by atoms with Crippen molar-refractivity contribution in [2.24, 2.45) is 0 Å². The molecule has 0 atom stereocenters. The summed E-state index contributed by atoms with van der Waals surface area (Å²) in [7, 11) is 0. The summed E-state index contributed by atoms with van der Waals surface area (Å²) in [6.07, 6.45) is 0. The van der Waals surface area contributed by atoms with Gasteiger partial charge in [-0.15, -0.1) is 0 Å². The monoisotopic (exact) mass is 161 g/mol. The predicted molar refractivity (Wildman–Crippen MR) is 42.9 cm³/mol. The fraction of sp³-hybridized carbons (Fsp3) is 0.667. The van der Waals surface area contributed by atoms with E-state index >= 15 is 0 Å². The van der Waals surface area contributed by atoms with Crippen LogP contribution in [-0.2, 0) is 9.53 Å². The van der Waals surface area contributed by atoms with Crippen molar-refractivity contribution in [3.8, 4) is 0 Å². The lowest BCUT2D eigenvalue weighted by Crippen LogP contribution is -2.30. The minimum atomic E-state index is -0.445. The Balaban J connectivity index is 3.60. The molecule has 3 nitrogen and oxygen atoms in total. The lowest BCUT2D eigenvalue weighted by Gasteiger charge is -2.02. The van der Waals surface area contributed by atoms with Crippen LogP contribution in [0.1, 0.15) is 13.8 Å². The van der Waals surface area contributed by atoms with E-state index in [0.29, 0.717) is 13.2 Å². The second kappa shape index (κ2) is 5.17. The number of hydrogen-bond acceptors (Lipinski definition) is 3. The lowest BCUT2D eigenvalue weighted by molar-refractivity contribution is -0.135. The highest BCUT2D eigenvalue weighted by atomic mass is 32.1. The summed E-state index contributed by atoms with van der Waals surface area (Å²) in [5.74, 6) is -0.445. The highest BCUT2D eigenvalue weighted by Crippen LogP contribution is 1.80. The zero-order valence-electron chi connectivity index (χ0n) is 6.14. The van der Waals surface area contributed by atoms with Crippen LogP contribution in [-0.4, -0.2) is 24.1 Å². The Morgan fingerprint density at radius 3 is 2.60 bits per heavy atom. The highest BCUT2D eigenvalue weighted by molar-refractivity contribution is 7.81. The molecule has 0 saturated carbocycles. The number of carbonyl (C=O) groups is 1. The summed E-state index contributed by atoms with van der Waals surface area (Å²) in [5.41, 5.74) is 0. The Bertz CT molecular complexity index is 120. The molecule has 0 amide bonds. The van der Waals surface area contributed by atoms with Crippen LogP contribution in [0.4, 0.5) is 0 Å². The first-order valence-electron chi connectivity index (χ1n) is 3.17. The van der Waals surface area contributed by atoms with Gasteiger partial charge in [0, 0.05) is 6.54 Å². The molecule has 0 aliphatic carbocycles. The quantitative estimate of drug-likeness (QED) is 0.472. The molecule has 0 spiro atoms. The molecule has 4 heteroatoms. The van der Waals surface area contributed by atoms with E-state index in [1.54, 1.807) is 6.92 Å². The van der Waals surface area contributed by atoms with Gasteiger partial charge < -0.3 is 10.1 Å². The first-order valence-corrected chi connectivity index (χ1v) is 3.58. The maximum absolute atomic E-state index is 10.7. The van der Waals surface area contributed by atoms with Crippen LogP contribution in [0.5, 0.6) is 0 Å². The van der Waals surface area contributed by atoms with Gasteiger partial charge in [-0.25, -0.2) is 4.79 Å². The summed E-state index contributed by atoms with van der Waals surface area (Å²) in [6, 6.07) is 0. The molecule has 0 rings (SSSR count). The van der Waals surface area contributed by atoms with Crippen molar-refractivity contribution in [3.05, 3.63) is 0 Å². The third-order valence-corrected chi connectivity index (χ3v) is 1.11. The first kappa shape index (κ1) is 9.36. The van der Waals surface area contributed by atoms with E-state index in [0.717, 1.165) is 0 Å². The van der Waals surface area contributed by atoms with Gasteiger partial charge in [-0.05, 0) is 13.8 Å². The average Bonchev–Trinajstić information content (AvgIpc) is 1.89. The molecule has 0 heterocycles. The topological polar surface area (TPSA) is 38.3 Å². The molecular formula is C6H11NO2S. The summed E-state index contributed by atoms with van der Waals surface area (Å²) in [4.78, 5) is 10.9. The van der Waals surface area contributed by atoms with Gasteiger partial charge in [-0.2, -0.15) is 0 Å². The van der Waals surface area contributed by atoms with E-state index in [-0.39, 0.29) is 4.99 Å². The third-order valence-electron chi connectivity index (χ3n) is 0.798. The predicted octanol–water partition coefficient (Wildman–Crippen LogP) is 0.486. The van der Waals surface area contributed by atoms with Crippen LogP contribution in [0.3, 0.4) is 0 Å². The van der Waals surface area contributed by atoms with Crippen molar-refractivity contribution in [1.29, 1.82) is 0 Å². The molecule has 0 saturated heterocycles. The number of hydrogen-bond donors (Lipinski definition) is 1. The first-order chi connectivity index (χ1) is 4.72. The highest BCUT2D eigenvalue weighted by Gasteiger charge is 2.06. The standard InChI is InChI=1S/C6H11NO2S/c1-3-7-5(10)6(8)9-4-2/h3-4H2,1-2H3,(H,7,10). The molecule has 0 unspecified atom stereocenters. The van der Waals surface area contributed by atoms with Crippen LogP contribution >= 0.6 is 12.2 Å². The molecule has 58 valence electrons. The zero-order chi connectivity index (χ0) is 7.98. The van der Waals surface area contributed by atoms with Gasteiger partial charge in [0.25, 0.3) is 0 Å². The van der Waals surface area contributed by atoms with Gasteiger partial charge in [-0.1, -0.05) is 12.2 Å². The van der Waals surface area contributed by atoms with Gasteiger partial charge in [0.1, 0.15) is 0 Å². The molecule has 0 aliphatic heterocycles.